The molecule has 2 amide bonds. The molecule has 0 aliphatic carbocycles. The zero-order chi connectivity index (χ0) is 22.2. The number of nitrogens with two attached hydrogens (primary N) is 1. The van der Waals surface area contributed by atoms with Gasteiger partial charge in [-0.25, -0.2) is 4.79 Å². The predicted molar refractivity (Wildman–Crippen MR) is 117 cm³/mol. The Hall–Kier alpha value is -4.33. The van der Waals surface area contributed by atoms with Crippen molar-refractivity contribution in [3.05, 3.63) is 83.9 Å². The molecule has 0 saturated heterocycles. The lowest BCUT2D eigenvalue weighted by Crippen LogP contribution is -2.13. The molecule has 0 heterocycles. The van der Waals surface area contributed by atoms with Crippen molar-refractivity contribution >= 4 is 35.0 Å². The molecule has 0 bridgehead atoms. The second-order valence-corrected chi connectivity index (χ2v) is 6.42. The quantitative estimate of drug-likeness (QED) is 0.311. The molecule has 0 fully saturated rings. The molecule has 8 nitrogen and oxygen atoms in total. The van der Waals surface area contributed by atoms with Crippen LogP contribution >= 0.6 is 0 Å². The molecule has 3 rings (SSSR count). The van der Waals surface area contributed by atoms with Crippen LogP contribution in [-0.4, -0.2) is 24.6 Å². The van der Waals surface area contributed by atoms with Crippen molar-refractivity contribution in [2.24, 2.45) is 0 Å². The lowest BCUT2D eigenvalue weighted by atomic mass is 10.2. The van der Waals surface area contributed by atoms with Gasteiger partial charge in [-0.3, -0.25) is 9.59 Å². The van der Waals surface area contributed by atoms with Crippen LogP contribution in [0.2, 0.25) is 0 Å². The van der Waals surface area contributed by atoms with E-state index in [1.807, 2.05) is 0 Å². The van der Waals surface area contributed by atoms with Crippen molar-refractivity contribution in [2.45, 2.75) is 6.92 Å². The van der Waals surface area contributed by atoms with Crippen LogP contribution in [0.15, 0.2) is 72.8 Å². The van der Waals surface area contributed by atoms with Crippen LogP contribution in [0.25, 0.3) is 0 Å². The molecule has 0 radical (unpaired) electrons. The average Bonchev–Trinajstić information content (AvgIpc) is 2.76. The van der Waals surface area contributed by atoms with Gasteiger partial charge in [-0.15, -0.1) is 0 Å². The Labute approximate surface area is 179 Å². The maximum absolute atomic E-state index is 12.4. The van der Waals surface area contributed by atoms with E-state index in [1.54, 1.807) is 55.5 Å². The van der Waals surface area contributed by atoms with Gasteiger partial charge in [-0.05, 0) is 79.7 Å². The average molecular weight is 419 g/mol. The lowest BCUT2D eigenvalue weighted by molar-refractivity contribution is 0.101. The van der Waals surface area contributed by atoms with Crippen LogP contribution < -0.4 is 21.1 Å². The van der Waals surface area contributed by atoms with Crippen molar-refractivity contribution in [1.82, 2.24) is 0 Å². The van der Waals surface area contributed by atoms with E-state index in [9.17, 15) is 14.4 Å². The summed E-state index contributed by atoms with van der Waals surface area (Å²) in [6.07, 6.45) is -0.803. The third-order valence-electron chi connectivity index (χ3n) is 4.15. The van der Waals surface area contributed by atoms with E-state index in [0.717, 1.165) is 0 Å². The van der Waals surface area contributed by atoms with E-state index in [4.69, 9.17) is 15.2 Å². The predicted octanol–water partition coefficient (Wildman–Crippen LogP) is 4.31. The number of ether oxygens (including phenoxy) is 2. The number of hydrogen-bond acceptors (Lipinski definition) is 6. The van der Waals surface area contributed by atoms with Crippen molar-refractivity contribution in [2.75, 3.05) is 23.0 Å². The molecule has 158 valence electrons. The third kappa shape index (κ3) is 6.07. The van der Waals surface area contributed by atoms with Crippen LogP contribution in [0.1, 0.15) is 27.6 Å². The SMILES string of the molecule is CCOC(=O)Oc1ccc(C(=O)Nc2ccc(NC(=O)c3ccc(N)cc3)cc2)cc1. The Morgan fingerprint density at radius 3 is 1.65 bits per heavy atom. The van der Waals surface area contributed by atoms with Gasteiger partial charge in [-0.1, -0.05) is 0 Å². The monoisotopic (exact) mass is 419 g/mol. The number of carbonyl (C=O) groups excluding carboxylic acids is 3. The summed E-state index contributed by atoms with van der Waals surface area (Å²) in [5.74, 6) is -0.320. The highest BCUT2D eigenvalue weighted by atomic mass is 16.7. The second kappa shape index (κ2) is 9.93. The van der Waals surface area contributed by atoms with Gasteiger partial charge in [-0.2, -0.15) is 0 Å². The van der Waals surface area contributed by atoms with E-state index < -0.39 is 6.16 Å². The summed E-state index contributed by atoms with van der Waals surface area (Å²) in [6.45, 7) is 1.89. The normalized spacial score (nSPS) is 10.1. The smallest absolute Gasteiger partial charge is 0.434 e. The van der Waals surface area contributed by atoms with Gasteiger partial charge in [0.15, 0.2) is 0 Å². The van der Waals surface area contributed by atoms with Crippen molar-refractivity contribution in [1.29, 1.82) is 0 Å². The zero-order valence-corrected chi connectivity index (χ0v) is 16.8. The molecule has 0 spiro atoms. The lowest BCUT2D eigenvalue weighted by Gasteiger charge is -2.09. The molecule has 0 aromatic heterocycles. The first kappa shape index (κ1) is 21.4. The van der Waals surface area contributed by atoms with Crippen molar-refractivity contribution < 1.29 is 23.9 Å². The first-order valence-corrected chi connectivity index (χ1v) is 9.47. The Morgan fingerprint density at radius 1 is 0.742 bits per heavy atom. The van der Waals surface area contributed by atoms with Gasteiger partial charge in [0.05, 0.1) is 6.61 Å². The summed E-state index contributed by atoms with van der Waals surface area (Å²) in [5.41, 5.74) is 8.22. The summed E-state index contributed by atoms with van der Waals surface area (Å²) in [4.78, 5) is 36.0. The summed E-state index contributed by atoms with van der Waals surface area (Å²) in [7, 11) is 0. The summed E-state index contributed by atoms with van der Waals surface area (Å²) >= 11 is 0. The van der Waals surface area contributed by atoms with Crippen LogP contribution in [0.3, 0.4) is 0 Å². The van der Waals surface area contributed by atoms with Crippen molar-refractivity contribution in [3.63, 3.8) is 0 Å². The van der Waals surface area contributed by atoms with Gasteiger partial charge in [0, 0.05) is 28.2 Å². The fraction of sp³-hybridized carbons (Fsp3) is 0.0870. The molecule has 8 heteroatoms. The Balaban J connectivity index is 1.56. The number of anilines is 3. The molecule has 3 aromatic carbocycles. The Bertz CT molecular complexity index is 1060. The largest absolute Gasteiger partial charge is 0.513 e. The minimum atomic E-state index is -0.803. The Morgan fingerprint density at radius 2 is 1.19 bits per heavy atom. The highest BCUT2D eigenvalue weighted by Gasteiger charge is 2.10. The van der Waals surface area contributed by atoms with Gasteiger partial charge in [0.25, 0.3) is 11.8 Å². The number of nitrogen functional groups attached to an aromatic ring is 1. The maximum atomic E-state index is 12.4. The minimum absolute atomic E-state index is 0.211. The van der Waals surface area contributed by atoms with Gasteiger partial charge < -0.3 is 25.8 Å². The van der Waals surface area contributed by atoms with Gasteiger partial charge in [0.1, 0.15) is 5.75 Å². The fourth-order valence-corrected chi connectivity index (χ4v) is 2.60. The highest BCUT2D eigenvalue weighted by molar-refractivity contribution is 6.05. The summed E-state index contributed by atoms with van der Waals surface area (Å²) in [5, 5.41) is 5.54. The molecule has 0 aliphatic heterocycles. The number of carbonyl (C=O) groups is 3. The molecule has 31 heavy (non-hydrogen) atoms. The second-order valence-electron chi connectivity index (χ2n) is 6.42. The number of nitrogens with one attached hydrogen (secondary N) is 2. The topological polar surface area (TPSA) is 120 Å². The van der Waals surface area contributed by atoms with E-state index in [-0.39, 0.29) is 24.2 Å². The van der Waals surface area contributed by atoms with Crippen LogP contribution in [0, 0.1) is 0 Å². The first-order chi connectivity index (χ1) is 14.9. The molecular formula is C23H21N3O5. The van der Waals surface area contributed by atoms with E-state index >= 15 is 0 Å². The number of amides is 2. The number of benzene rings is 3. The van der Waals surface area contributed by atoms with Crippen LogP contribution in [0.4, 0.5) is 21.9 Å². The molecule has 0 saturated carbocycles. The van der Waals surface area contributed by atoms with E-state index in [0.29, 0.717) is 28.2 Å². The molecule has 0 atom stereocenters. The van der Waals surface area contributed by atoms with E-state index in [2.05, 4.69) is 10.6 Å². The maximum Gasteiger partial charge on any atom is 0.513 e. The molecular weight excluding hydrogens is 398 g/mol. The zero-order valence-electron chi connectivity index (χ0n) is 16.8. The van der Waals surface area contributed by atoms with E-state index in [1.165, 1.54) is 24.3 Å². The minimum Gasteiger partial charge on any atom is -0.434 e. The first-order valence-electron chi connectivity index (χ1n) is 9.47. The number of rotatable bonds is 6. The standard InChI is InChI=1S/C23H21N3O5/c1-2-30-23(29)31-20-13-5-16(6-14-20)22(28)26-19-11-9-18(10-12-19)25-21(27)15-3-7-17(24)8-4-15/h3-14H,2,24H2,1H3,(H,25,27)(H,26,28). The summed E-state index contributed by atoms with van der Waals surface area (Å²) < 4.78 is 9.65. The molecule has 3 aromatic rings. The van der Waals surface area contributed by atoms with Gasteiger partial charge >= 0.3 is 6.16 Å². The molecule has 4 N–H and O–H groups in total. The number of hydrogen-bond donors (Lipinski definition) is 3. The fourth-order valence-electron chi connectivity index (χ4n) is 2.60. The van der Waals surface area contributed by atoms with Crippen LogP contribution in [-0.2, 0) is 4.74 Å². The van der Waals surface area contributed by atoms with Gasteiger partial charge in [0.2, 0.25) is 0 Å². The van der Waals surface area contributed by atoms with Crippen LogP contribution in [0.5, 0.6) is 5.75 Å². The molecule has 0 unspecified atom stereocenters. The third-order valence-corrected chi connectivity index (χ3v) is 4.15. The summed E-state index contributed by atoms with van der Waals surface area (Å²) in [6, 6.07) is 19.4. The van der Waals surface area contributed by atoms with Crippen molar-refractivity contribution in [3.8, 4) is 5.75 Å². The Kier molecular flexibility index (Phi) is 6.85. The highest BCUT2D eigenvalue weighted by Crippen LogP contribution is 2.18. The molecule has 0 aliphatic rings.